The number of unbranched alkanes of at least 4 members (excludes halogenated alkanes) is 3. The number of alkyl halides is 1. The zero-order valence-electron chi connectivity index (χ0n) is 30.0. The number of rotatable bonds is 21. The van der Waals surface area contributed by atoms with Gasteiger partial charge in [0.2, 0.25) is 6.41 Å². The van der Waals surface area contributed by atoms with E-state index in [2.05, 4.69) is 48.5 Å². The number of piperidine rings is 1. The molecule has 1 fully saturated rings. The lowest BCUT2D eigenvalue weighted by Crippen LogP contribution is -2.34. The lowest BCUT2D eigenvalue weighted by Gasteiger charge is -2.32. The van der Waals surface area contributed by atoms with Gasteiger partial charge in [-0.25, -0.2) is 5.48 Å². The zero-order chi connectivity index (χ0) is 35.3. The average molecular weight is 676 g/mol. The highest BCUT2D eigenvalue weighted by molar-refractivity contribution is 6.18. The molecule has 1 aromatic carbocycles. The van der Waals surface area contributed by atoms with Gasteiger partial charge in [0.1, 0.15) is 6.29 Å². The molecule has 2 rings (SSSR count). The van der Waals surface area contributed by atoms with Crippen molar-refractivity contribution in [2.24, 2.45) is 17.6 Å². The molecule has 1 aliphatic heterocycles. The summed E-state index contributed by atoms with van der Waals surface area (Å²) in [6, 6.07) is 8.21. The second-order valence-corrected chi connectivity index (χ2v) is 12.6. The smallest absolute Gasteiger partial charge is 0.211 e. The summed E-state index contributed by atoms with van der Waals surface area (Å²) < 4.78 is 0. The first kappa shape index (κ1) is 44.4. The molecule has 47 heavy (non-hydrogen) atoms. The largest absolute Gasteiger partial charge is 0.399 e. The number of amides is 1. The quantitative estimate of drug-likeness (QED) is 0.0292. The van der Waals surface area contributed by atoms with Gasteiger partial charge in [-0.3, -0.25) is 4.79 Å². The fourth-order valence-electron chi connectivity index (χ4n) is 6.25. The third kappa shape index (κ3) is 20.4. The summed E-state index contributed by atoms with van der Waals surface area (Å²) >= 11 is 5.54. The SMILES string of the molecule is C=C(N)/C(=C\C(C)=C/CCl)CC.CC=O.CCCC(CCCCCCC(CCNO)N(C)c1ccccc1NC=O)C1CCNCC1. The maximum absolute atomic E-state index is 11.0. The molecule has 1 aliphatic rings. The summed E-state index contributed by atoms with van der Waals surface area (Å²) in [6.07, 6.45) is 20.2. The van der Waals surface area contributed by atoms with Crippen LogP contribution in [0.2, 0.25) is 0 Å². The van der Waals surface area contributed by atoms with E-state index in [1.54, 1.807) is 0 Å². The number of anilines is 2. The second kappa shape index (κ2) is 29.5. The first-order valence-electron chi connectivity index (χ1n) is 17.6. The molecular formula is C38H66ClN5O3. The summed E-state index contributed by atoms with van der Waals surface area (Å²) in [4.78, 5) is 22.0. The van der Waals surface area contributed by atoms with Gasteiger partial charge in [-0.15, -0.1) is 11.6 Å². The molecule has 1 amide bonds. The highest BCUT2D eigenvalue weighted by Gasteiger charge is 2.22. The number of carbonyl (C=O) groups excluding carboxylic acids is 2. The summed E-state index contributed by atoms with van der Waals surface area (Å²) in [5, 5.41) is 15.4. The van der Waals surface area contributed by atoms with Gasteiger partial charge in [-0.05, 0) is 88.6 Å². The van der Waals surface area contributed by atoms with Crippen LogP contribution in [-0.2, 0) is 9.59 Å². The molecule has 1 aromatic rings. The Hall–Kier alpha value is -2.65. The molecule has 1 heterocycles. The molecule has 6 N–H and O–H groups in total. The van der Waals surface area contributed by atoms with Crippen molar-refractivity contribution in [2.45, 2.75) is 111 Å². The Kier molecular flexibility index (Phi) is 27.8. The molecule has 0 aliphatic carbocycles. The second-order valence-electron chi connectivity index (χ2n) is 12.3. The minimum absolute atomic E-state index is 0.312. The predicted molar refractivity (Wildman–Crippen MR) is 202 cm³/mol. The molecule has 0 bridgehead atoms. The number of hydrogen-bond donors (Lipinski definition) is 5. The number of nitrogens with two attached hydrogens (primary N) is 1. The van der Waals surface area contributed by atoms with Crippen molar-refractivity contribution >= 4 is 35.7 Å². The van der Waals surface area contributed by atoms with E-state index in [9.17, 15) is 4.79 Å². The van der Waals surface area contributed by atoms with Crippen LogP contribution in [0.15, 0.2) is 59.8 Å². The summed E-state index contributed by atoms with van der Waals surface area (Å²) in [5.41, 5.74) is 12.6. The lowest BCUT2D eigenvalue weighted by atomic mass is 9.79. The Bertz CT molecular complexity index is 1030. The average Bonchev–Trinajstić information content (AvgIpc) is 3.07. The summed E-state index contributed by atoms with van der Waals surface area (Å²) in [5.74, 6) is 2.38. The van der Waals surface area contributed by atoms with Gasteiger partial charge in [0.25, 0.3) is 0 Å². The Morgan fingerprint density at radius 1 is 1.11 bits per heavy atom. The summed E-state index contributed by atoms with van der Waals surface area (Å²) in [6.45, 7) is 14.5. The number of nitrogens with one attached hydrogen (secondary N) is 3. The fraction of sp³-hybridized carbons (Fsp3) is 0.632. The van der Waals surface area contributed by atoms with E-state index in [1.807, 2.05) is 43.3 Å². The number of nitrogens with zero attached hydrogens (tertiary/aromatic N) is 1. The van der Waals surface area contributed by atoms with E-state index < -0.39 is 0 Å². The van der Waals surface area contributed by atoms with E-state index in [0.717, 1.165) is 66.3 Å². The molecule has 0 aromatic heterocycles. The van der Waals surface area contributed by atoms with E-state index in [-0.39, 0.29) is 0 Å². The van der Waals surface area contributed by atoms with Crippen molar-refractivity contribution in [1.82, 2.24) is 10.8 Å². The minimum Gasteiger partial charge on any atom is -0.399 e. The van der Waals surface area contributed by atoms with Crippen LogP contribution in [-0.4, -0.2) is 56.5 Å². The fourth-order valence-corrected chi connectivity index (χ4v) is 6.49. The first-order valence-corrected chi connectivity index (χ1v) is 18.1. The predicted octanol–water partition coefficient (Wildman–Crippen LogP) is 8.37. The topological polar surface area (TPSA) is 120 Å². The first-order chi connectivity index (χ1) is 22.7. The number of carbonyl (C=O) groups is 2. The van der Waals surface area contributed by atoms with Gasteiger partial charge in [0.05, 0.1) is 11.4 Å². The molecule has 2 atom stereocenters. The highest BCUT2D eigenvalue weighted by atomic mass is 35.5. The monoisotopic (exact) mass is 675 g/mol. The molecule has 8 nitrogen and oxygen atoms in total. The van der Waals surface area contributed by atoms with E-state index in [4.69, 9.17) is 27.3 Å². The molecule has 0 spiro atoms. The Morgan fingerprint density at radius 2 is 1.74 bits per heavy atom. The number of aldehydes is 1. The number of hydroxylamine groups is 1. The van der Waals surface area contributed by atoms with Crippen molar-refractivity contribution in [2.75, 3.05) is 42.8 Å². The third-order valence-electron chi connectivity index (χ3n) is 8.80. The molecule has 268 valence electrons. The van der Waals surface area contributed by atoms with Crippen LogP contribution in [0.5, 0.6) is 0 Å². The lowest BCUT2D eigenvalue weighted by molar-refractivity contribution is -0.106. The minimum atomic E-state index is 0.312. The molecule has 1 saturated heterocycles. The van der Waals surface area contributed by atoms with E-state index in [1.165, 1.54) is 77.8 Å². The Morgan fingerprint density at radius 3 is 2.30 bits per heavy atom. The van der Waals surface area contributed by atoms with Crippen LogP contribution in [0, 0.1) is 11.8 Å². The van der Waals surface area contributed by atoms with Crippen LogP contribution >= 0.6 is 11.6 Å². The normalized spacial score (nSPS) is 14.9. The van der Waals surface area contributed by atoms with Crippen molar-refractivity contribution in [3.05, 3.63) is 59.8 Å². The molecule has 0 saturated carbocycles. The molecule has 9 heteroatoms. The maximum Gasteiger partial charge on any atom is 0.211 e. The van der Waals surface area contributed by atoms with Crippen molar-refractivity contribution < 1.29 is 14.8 Å². The number of allylic oxidation sites excluding steroid dienone is 4. The standard InChI is InChI=1S/C26H46N4O2.C10H16ClN.C2H4O/c1-3-10-22(23-15-18-27-19-16-23)11-6-4-5-7-12-24(17-20-29-32)30(2)26-14-9-8-13-25(26)28-21-31;1-4-10(9(3)12)7-8(2)5-6-11;1-2-3/h8-9,13-14,21-24,27,29,32H,3-7,10-12,15-20H2,1-2H3,(H,28,31);5,7H,3-4,6,12H2,1-2H3;2H,1H3/b;8-5-,10-7-;. The van der Waals surface area contributed by atoms with Gasteiger partial charge < -0.3 is 31.3 Å². The Labute approximate surface area is 291 Å². The summed E-state index contributed by atoms with van der Waals surface area (Å²) in [7, 11) is 2.09. The van der Waals surface area contributed by atoms with Crippen LogP contribution in [0.25, 0.3) is 0 Å². The number of para-hydroxylation sites is 2. The van der Waals surface area contributed by atoms with Crippen LogP contribution in [0.4, 0.5) is 11.4 Å². The van der Waals surface area contributed by atoms with Crippen molar-refractivity contribution in [1.29, 1.82) is 0 Å². The van der Waals surface area contributed by atoms with Crippen molar-refractivity contribution in [3.63, 3.8) is 0 Å². The maximum atomic E-state index is 11.0. The van der Waals surface area contributed by atoms with Crippen LogP contribution in [0.1, 0.15) is 105 Å². The number of benzene rings is 1. The molecular weight excluding hydrogens is 610 g/mol. The molecule has 0 radical (unpaired) electrons. The number of halogens is 1. The molecule has 2 unspecified atom stereocenters. The van der Waals surface area contributed by atoms with Gasteiger partial charge in [0, 0.05) is 31.2 Å². The van der Waals surface area contributed by atoms with Crippen LogP contribution < -0.4 is 26.7 Å². The van der Waals surface area contributed by atoms with Crippen molar-refractivity contribution in [3.8, 4) is 0 Å². The Balaban J connectivity index is 0.00000118. The highest BCUT2D eigenvalue weighted by Crippen LogP contribution is 2.31. The van der Waals surface area contributed by atoms with Crippen LogP contribution in [0.3, 0.4) is 0 Å². The van der Waals surface area contributed by atoms with Gasteiger partial charge in [-0.1, -0.05) is 95.2 Å². The third-order valence-corrected chi connectivity index (χ3v) is 8.96. The number of hydrogen-bond acceptors (Lipinski definition) is 7. The van der Waals surface area contributed by atoms with Gasteiger partial charge in [-0.2, -0.15) is 0 Å². The van der Waals surface area contributed by atoms with Gasteiger partial charge >= 0.3 is 0 Å². The zero-order valence-corrected chi connectivity index (χ0v) is 30.8. The van der Waals surface area contributed by atoms with E-state index in [0.29, 0.717) is 24.2 Å². The van der Waals surface area contributed by atoms with Gasteiger partial charge in [0.15, 0.2) is 0 Å². The van der Waals surface area contributed by atoms with E-state index >= 15 is 0 Å².